The lowest BCUT2D eigenvalue weighted by Gasteiger charge is -2.29. The van der Waals surface area contributed by atoms with Crippen molar-refractivity contribution >= 4 is 40.8 Å². The van der Waals surface area contributed by atoms with E-state index in [0.29, 0.717) is 38.8 Å². The molecule has 1 aliphatic rings. The second kappa shape index (κ2) is 10.5. The zero-order chi connectivity index (χ0) is 25.9. The number of hydrogen-bond donors (Lipinski definition) is 1. The third-order valence-electron chi connectivity index (χ3n) is 5.95. The van der Waals surface area contributed by atoms with Crippen LogP contribution in [0, 0.1) is 0 Å². The van der Waals surface area contributed by atoms with E-state index in [2.05, 4.69) is 15.4 Å². The van der Waals surface area contributed by atoms with Crippen LogP contribution in [0.5, 0.6) is 11.5 Å². The average molecular weight is 537 g/mol. The standard InChI is InChI=1S/C27H22Cl2N4O4/c1-35-22-13-18(9-11-21(22)37-14-16-8-10-19(28)20(29)12-16)25-23(26(34)36-2)24(17-6-4-3-5-7-17)32-27-30-15-31-33(25)27/h3-13,15,25H,14H2,1-2H3,(H,30,31,32)/t25-/m0/s1. The fraction of sp³-hybridized carbons (Fsp3) is 0.148. The van der Waals surface area contributed by atoms with Crippen molar-refractivity contribution in [3.05, 3.63) is 105 Å². The van der Waals surface area contributed by atoms with E-state index < -0.39 is 12.0 Å². The smallest absolute Gasteiger partial charge is 0.338 e. The molecule has 0 fully saturated rings. The van der Waals surface area contributed by atoms with Crippen LogP contribution in [-0.2, 0) is 16.1 Å². The maximum Gasteiger partial charge on any atom is 0.338 e. The Balaban J connectivity index is 1.55. The number of fused-ring (bicyclic) bond motifs is 1. The van der Waals surface area contributed by atoms with E-state index in [0.717, 1.165) is 16.7 Å². The summed E-state index contributed by atoms with van der Waals surface area (Å²) >= 11 is 12.1. The first-order valence-electron chi connectivity index (χ1n) is 11.3. The molecule has 0 spiro atoms. The molecular formula is C27H22Cl2N4O4. The summed E-state index contributed by atoms with van der Waals surface area (Å²) in [6.45, 7) is 0.263. The van der Waals surface area contributed by atoms with Gasteiger partial charge in [-0.05, 0) is 41.0 Å². The zero-order valence-electron chi connectivity index (χ0n) is 19.9. The molecule has 0 bridgehead atoms. The van der Waals surface area contributed by atoms with Crippen molar-refractivity contribution in [3.8, 4) is 11.5 Å². The number of nitrogens with zero attached hydrogens (tertiary/aromatic N) is 3. The van der Waals surface area contributed by atoms with E-state index in [9.17, 15) is 4.79 Å². The minimum Gasteiger partial charge on any atom is -0.493 e. The average Bonchev–Trinajstić information content (AvgIpc) is 3.41. The lowest BCUT2D eigenvalue weighted by molar-refractivity contribution is -0.136. The van der Waals surface area contributed by atoms with Crippen molar-refractivity contribution < 1.29 is 19.0 Å². The first kappa shape index (κ1) is 24.7. The topological polar surface area (TPSA) is 87.5 Å². The highest BCUT2D eigenvalue weighted by Crippen LogP contribution is 2.41. The number of carbonyl (C=O) groups is 1. The number of rotatable bonds is 7. The summed E-state index contributed by atoms with van der Waals surface area (Å²) < 4.78 is 18.5. The van der Waals surface area contributed by atoms with Crippen LogP contribution in [0.3, 0.4) is 0 Å². The third-order valence-corrected chi connectivity index (χ3v) is 6.69. The Morgan fingerprint density at radius 3 is 2.54 bits per heavy atom. The highest BCUT2D eigenvalue weighted by Gasteiger charge is 2.36. The molecule has 37 heavy (non-hydrogen) atoms. The van der Waals surface area contributed by atoms with Crippen LogP contribution in [0.2, 0.25) is 10.0 Å². The summed E-state index contributed by atoms with van der Waals surface area (Å²) in [5.41, 5.74) is 3.39. The molecule has 1 aliphatic heterocycles. The van der Waals surface area contributed by atoms with Crippen molar-refractivity contribution in [1.82, 2.24) is 14.8 Å². The van der Waals surface area contributed by atoms with E-state index >= 15 is 0 Å². The van der Waals surface area contributed by atoms with Gasteiger partial charge in [0.05, 0.1) is 35.5 Å². The molecule has 1 atom stereocenters. The lowest BCUT2D eigenvalue weighted by atomic mass is 9.92. The maximum absolute atomic E-state index is 13.1. The van der Waals surface area contributed by atoms with Gasteiger partial charge in [-0.2, -0.15) is 10.1 Å². The summed E-state index contributed by atoms with van der Waals surface area (Å²) in [6.07, 6.45) is 1.43. The van der Waals surface area contributed by atoms with Crippen LogP contribution in [0.1, 0.15) is 22.7 Å². The van der Waals surface area contributed by atoms with E-state index in [1.165, 1.54) is 13.4 Å². The third kappa shape index (κ3) is 4.85. The molecule has 0 saturated carbocycles. The number of ether oxygens (including phenoxy) is 3. The molecule has 4 aromatic rings. The molecule has 5 rings (SSSR count). The number of halogens is 2. The second-order valence-electron chi connectivity index (χ2n) is 8.15. The molecule has 0 amide bonds. The summed E-state index contributed by atoms with van der Waals surface area (Å²) in [5.74, 6) is 1.02. The molecule has 0 unspecified atom stereocenters. The highest BCUT2D eigenvalue weighted by atomic mass is 35.5. The number of aromatic nitrogens is 3. The van der Waals surface area contributed by atoms with Crippen LogP contribution < -0.4 is 14.8 Å². The van der Waals surface area contributed by atoms with E-state index in [1.807, 2.05) is 48.5 Å². The Bertz CT molecular complexity index is 1490. The molecule has 1 N–H and O–H groups in total. The fourth-order valence-electron chi connectivity index (χ4n) is 4.19. The Labute approximate surface area is 223 Å². The molecule has 2 heterocycles. The second-order valence-corrected chi connectivity index (χ2v) is 8.96. The minimum absolute atomic E-state index is 0.263. The molecule has 188 valence electrons. The van der Waals surface area contributed by atoms with Crippen molar-refractivity contribution in [3.63, 3.8) is 0 Å². The largest absolute Gasteiger partial charge is 0.493 e. The predicted octanol–water partition coefficient (Wildman–Crippen LogP) is 5.77. The summed E-state index contributed by atoms with van der Waals surface area (Å²) in [7, 11) is 2.91. The van der Waals surface area contributed by atoms with Crippen molar-refractivity contribution in [2.24, 2.45) is 0 Å². The van der Waals surface area contributed by atoms with Gasteiger partial charge in [0.1, 0.15) is 19.0 Å². The zero-order valence-corrected chi connectivity index (χ0v) is 21.5. The van der Waals surface area contributed by atoms with Crippen molar-refractivity contribution in [2.75, 3.05) is 19.5 Å². The van der Waals surface area contributed by atoms with Gasteiger partial charge in [-0.3, -0.25) is 0 Å². The first-order valence-corrected chi connectivity index (χ1v) is 12.0. The number of nitrogens with one attached hydrogen (secondary N) is 1. The molecular weight excluding hydrogens is 515 g/mol. The van der Waals surface area contributed by atoms with E-state index in [-0.39, 0.29) is 6.61 Å². The van der Waals surface area contributed by atoms with Gasteiger partial charge in [-0.15, -0.1) is 0 Å². The van der Waals surface area contributed by atoms with Gasteiger partial charge < -0.3 is 19.5 Å². The van der Waals surface area contributed by atoms with Gasteiger partial charge in [0, 0.05) is 0 Å². The van der Waals surface area contributed by atoms with Gasteiger partial charge in [0.15, 0.2) is 11.5 Å². The van der Waals surface area contributed by atoms with Crippen molar-refractivity contribution in [2.45, 2.75) is 12.6 Å². The van der Waals surface area contributed by atoms with Crippen LogP contribution in [0.4, 0.5) is 5.95 Å². The van der Waals surface area contributed by atoms with Gasteiger partial charge in [-0.1, -0.05) is 65.7 Å². The number of methoxy groups -OCH3 is 2. The van der Waals surface area contributed by atoms with Crippen molar-refractivity contribution in [1.29, 1.82) is 0 Å². The van der Waals surface area contributed by atoms with Crippen LogP contribution >= 0.6 is 23.2 Å². The maximum atomic E-state index is 13.1. The lowest BCUT2D eigenvalue weighted by Crippen LogP contribution is -2.29. The van der Waals surface area contributed by atoms with Gasteiger partial charge in [-0.25, -0.2) is 9.48 Å². The summed E-state index contributed by atoms with van der Waals surface area (Å²) in [4.78, 5) is 17.5. The monoisotopic (exact) mass is 536 g/mol. The molecule has 0 radical (unpaired) electrons. The fourth-order valence-corrected chi connectivity index (χ4v) is 4.52. The molecule has 8 nitrogen and oxygen atoms in total. The number of esters is 1. The predicted molar refractivity (Wildman–Crippen MR) is 141 cm³/mol. The number of hydrogen-bond acceptors (Lipinski definition) is 7. The summed E-state index contributed by atoms with van der Waals surface area (Å²) in [6, 6.07) is 19.7. The summed E-state index contributed by atoms with van der Waals surface area (Å²) in [5, 5.41) is 8.55. The van der Waals surface area contributed by atoms with E-state index in [1.54, 1.807) is 30.0 Å². The quantitative estimate of drug-likeness (QED) is 0.300. The van der Waals surface area contributed by atoms with Crippen LogP contribution in [0.15, 0.2) is 78.6 Å². The van der Waals surface area contributed by atoms with Crippen LogP contribution in [0.25, 0.3) is 5.70 Å². The van der Waals surface area contributed by atoms with Crippen LogP contribution in [-0.4, -0.2) is 35.0 Å². The molecule has 0 aliphatic carbocycles. The number of anilines is 1. The van der Waals surface area contributed by atoms with E-state index in [4.69, 9.17) is 37.4 Å². The minimum atomic E-state index is -0.626. The normalized spacial score (nSPS) is 14.5. The Kier molecular flexibility index (Phi) is 7.03. The first-order chi connectivity index (χ1) is 18.0. The SMILES string of the molecule is COC(=O)C1=C(c2ccccc2)Nc2ncnn2[C@H]1c1ccc(OCc2ccc(Cl)c(Cl)c2)c(OC)c1. The molecule has 10 heteroatoms. The molecule has 3 aromatic carbocycles. The molecule has 0 saturated heterocycles. The Hall–Kier alpha value is -4.01. The Morgan fingerprint density at radius 2 is 1.81 bits per heavy atom. The van der Waals surface area contributed by atoms with Gasteiger partial charge >= 0.3 is 5.97 Å². The van der Waals surface area contributed by atoms with Gasteiger partial charge in [0.25, 0.3) is 0 Å². The molecule has 1 aromatic heterocycles. The number of benzene rings is 3. The van der Waals surface area contributed by atoms with Gasteiger partial charge in [0.2, 0.25) is 5.95 Å². The highest BCUT2D eigenvalue weighted by molar-refractivity contribution is 6.42. The number of carbonyl (C=O) groups excluding carboxylic acids is 1. The Morgan fingerprint density at radius 1 is 1.00 bits per heavy atom.